The first kappa shape index (κ1) is 18.9. The number of hydrogen-bond donors (Lipinski definition) is 2. The molecule has 0 unspecified atom stereocenters. The average Bonchev–Trinajstić information content (AvgIpc) is 3.04. The highest BCUT2D eigenvalue weighted by atomic mass is 16.5. The zero-order chi connectivity index (χ0) is 19.7. The second kappa shape index (κ2) is 7.39. The molecule has 142 valence electrons. The summed E-state index contributed by atoms with van der Waals surface area (Å²) in [5, 5.41) is 8.82. The van der Waals surface area contributed by atoms with Crippen LogP contribution in [-0.4, -0.2) is 32.6 Å². The molecule has 27 heavy (non-hydrogen) atoms. The lowest BCUT2D eigenvalue weighted by atomic mass is 9.98. The maximum Gasteiger partial charge on any atom is 0.341 e. The molecule has 0 spiro atoms. The molecule has 3 aromatic heterocycles. The van der Waals surface area contributed by atoms with Crippen molar-refractivity contribution in [3.63, 3.8) is 0 Å². The number of carboxylic acids is 1. The quantitative estimate of drug-likeness (QED) is 0.686. The van der Waals surface area contributed by atoms with Crippen LogP contribution in [0.5, 0.6) is 5.88 Å². The molecule has 3 aromatic rings. The van der Waals surface area contributed by atoms with Crippen LogP contribution >= 0.6 is 0 Å². The van der Waals surface area contributed by atoms with Crippen LogP contribution in [0.4, 0.5) is 0 Å². The minimum atomic E-state index is -1.01. The minimum Gasteiger partial charge on any atom is -0.479 e. The van der Waals surface area contributed by atoms with Crippen molar-refractivity contribution in [2.45, 2.75) is 47.0 Å². The number of carbonyl (C=O) groups is 1. The molecule has 3 heterocycles. The smallest absolute Gasteiger partial charge is 0.341 e. The van der Waals surface area contributed by atoms with E-state index in [4.69, 9.17) is 14.8 Å². The van der Waals surface area contributed by atoms with Crippen molar-refractivity contribution in [2.24, 2.45) is 0 Å². The van der Waals surface area contributed by atoms with Gasteiger partial charge in [-0.2, -0.15) is 0 Å². The Bertz CT molecular complexity index is 1010. The number of carboxylic acid groups (broad SMARTS) is 1. The van der Waals surface area contributed by atoms with E-state index in [0.717, 1.165) is 39.1 Å². The van der Waals surface area contributed by atoms with E-state index in [1.54, 1.807) is 0 Å². The van der Waals surface area contributed by atoms with E-state index >= 15 is 0 Å². The lowest BCUT2D eigenvalue weighted by molar-refractivity contribution is -0.139. The Labute approximate surface area is 158 Å². The molecule has 0 amide bonds. The summed E-state index contributed by atoms with van der Waals surface area (Å²) < 4.78 is 5.32. The molecular formula is C21H25N3O3. The number of pyridine rings is 2. The number of aromatic nitrogens is 3. The molecule has 6 nitrogen and oxygen atoms in total. The van der Waals surface area contributed by atoms with Crippen molar-refractivity contribution in [3.8, 4) is 5.88 Å². The molecular weight excluding hydrogens is 342 g/mol. The van der Waals surface area contributed by atoms with Gasteiger partial charge >= 0.3 is 5.97 Å². The van der Waals surface area contributed by atoms with Crippen LogP contribution in [0, 0.1) is 20.8 Å². The molecule has 0 aliphatic carbocycles. The van der Waals surface area contributed by atoms with Gasteiger partial charge in [-0.25, -0.2) is 9.78 Å². The Balaban J connectivity index is 1.95. The summed E-state index contributed by atoms with van der Waals surface area (Å²) >= 11 is 0. The van der Waals surface area contributed by atoms with Crippen molar-refractivity contribution in [2.75, 3.05) is 6.61 Å². The van der Waals surface area contributed by atoms with Gasteiger partial charge in [0.05, 0.1) is 11.0 Å². The SMILES string of the molecule is Cc1nc(OCC(=O)O)c(C)c(C)c1Cc1ccc2[nH]cc(C(C)C)c2n1. The zero-order valence-electron chi connectivity index (χ0n) is 16.4. The van der Waals surface area contributed by atoms with Gasteiger partial charge in [0.1, 0.15) is 0 Å². The summed E-state index contributed by atoms with van der Waals surface area (Å²) in [5.41, 5.74) is 8.11. The molecule has 2 N–H and O–H groups in total. The third-order valence-corrected chi connectivity index (χ3v) is 4.96. The number of aromatic amines is 1. The van der Waals surface area contributed by atoms with Crippen molar-refractivity contribution in [1.82, 2.24) is 15.0 Å². The van der Waals surface area contributed by atoms with Gasteiger partial charge in [-0.15, -0.1) is 0 Å². The van der Waals surface area contributed by atoms with E-state index in [1.807, 2.05) is 33.0 Å². The Morgan fingerprint density at radius 1 is 1.19 bits per heavy atom. The van der Waals surface area contributed by atoms with Gasteiger partial charge < -0.3 is 14.8 Å². The number of aliphatic carboxylic acids is 1. The van der Waals surface area contributed by atoms with Crippen LogP contribution in [0.2, 0.25) is 0 Å². The first-order valence-electron chi connectivity index (χ1n) is 9.06. The van der Waals surface area contributed by atoms with E-state index < -0.39 is 12.6 Å². The first-order valence-corrected chi connectivity index (χ1v) is 9.06. The zero-order valence-corrected chi connectivity index (χ0v) is 16.4. The Kier molecular flexibility index (Phi) is 5.17. The number of ether oxygens (including phenoxy) is 1. The highest BCUT2D eigenvalue weighted by molar-refractivity contribution is 5.79. The summed E-state index contributed by atoms with van der Waals surface area (Å²) in [5.74, 6) is -0.229. The van der Waals surface area contributed by atoms with Crippen molar-refractivity contribution in [1.29, 1.82) is 0 Å². The second-order valence-corrected chi connectivity index (χ2v) is 7.19. The summed E-state index contributed by atoms with van der Waals surface area (Å²) in [6.45, 7) is 9.77. The molecule has 3 rings (SSSR count). The summed E-state index contributed by atoms with van der Waals surface area (Å²) in [7, 11) is 0. The molecule has 0 aliphatic rings. The fourth-order valence-corrected chi connectivity index (χ4v) is 3.27. The summed E-state index contributed by atoms with van der Waals surface area (Å²) in [6, 6.07) is 4.10. The fraction of sp³-hybridized carbons (Fsp3) is 0.381. The highest BCUT2D eigenvalue weighted by Gasteiger charge is 2.16. The number of hydrogen-bond acceptors (Lipinski definition) is 4. The van der Waals surface area contributed by atoms with Crippen LogP contribution < -0.4 is 4.74 Å². The maximum atomic E-state index is 10.8. The summed E-state index contributed by atoms with van der Waals surface area (Å²) in [4.78, 5) is 23.4. The largest absolute Gasteiger partial charge is 0.479 e. The van der Waals surface area contributed by atoms with Crippen LogP contribution in [0.1, 0.15) is 53.4 Å². The molecule has 0 bridgehead atoms. The van der Waals surface area contributed by atoms with E-state index in [2.05, 4.69) is 29.9 Å². The molecule has 0 aliphatic heterocycles. The van der Waals surface area contributed by atoms with E-state index in [9.17, 15) is 4.79 Å². The molecule has 6 heteroatoms. The predicted molar refractivity (Wildman–Crippen MR) is 105 cm³/mol. The Morgan fingerprint density at radius 2 is 1.93 bits per heavy atom. The van der Waals surface area contributed by atoms with E-state index in [1.165, 1.54) is 5.56 Å². The third kappa shape index (κ3) is 3.79. The number of aryl methyl sites for hydroxylation is 1. The standard InChI is InChI=1S/C21H25N3O3/c1-11(2)17-9-22-18-7-6-15(24-20(17)18)8-16-12(3)13(4)21(23-14(16)5)27-10-19(25)26/h6-7,9,11,22H,8,10H2,1-5H3,(H,25,26). The number of H-pyrrole nitrogens is 1. The van der Waals surface area contributed by atoms with Gasteiger partial charge in [0, 0.05) is 29.6 Å². The van der Waals surface area contributed by atoms with Crippen LogP contribution in [0.25, 0.3) is 11.0 Å². The van der Waals surface area contributed by atoms with Gasteiger partial charge in [0.2, 0.25) is 5.88 Å². The maximum absolute atomic E-state index is 10.8. The number of nitrogens with one attached hydrogen (secondary N) is 1. The van der Waals surface area contributed by atoms with Crippen molar-refractivity contribution in [3.05, 3.63) is 52.0 Å². The number of nitrogens with zero attached hydrogens (tertiary/aromatic N) is 2. The molecule has 0 saturated carbocycles. The average molecular weight is 367 g/mol. The first-order chi connectivity index (χ1) is 12.8. The molecule has 0 aromatic carbocycles. The van der Waals surface area contributed by atoms with E-state index in [0.29, 0.717) is 18.2 Å². The molecule has 0 fully saturated rings. The van der Waals surface area contributed by atoms with Crippen molar-refractivity contribution < 1.29 is 14.6 Å². The molecule has 0 atom stereocenters. The third-order valence-electron chi connectivity index (χ3n) is 4.96. The number of fused-ring (bicyclic) bond motifs is 1. The predicted octanol–water partition coefficient (Wildman–Crippen LogP) is 4.06. The van der Waals surface area contributed by atoms with Gasteiger partial charge in [-0.05, 0) is 55.5 Å². The van der Waals surface area contributed by atoms with Gasteiger partial charge in [0.25, 0.3) is 0 Å². The lowest BCUT2D eigenvalue weighted by Gasteiger charge is -2.15. The molecule has 0 saturated heterocycles. The Hall–Kier alpha value is -2.89. The van der Waals surface area contributed by atoms with Crippen LogP contribution in [-0.2, 0) is 11.2 Å². The van der Waals surface area contributed by atoms with E-state index in [-0.39, 0.29) is 0 Å². The van der Waals surface area contributed by atoms with Gasteiger partial charge in [-0.1, -0.05) is 13.8 Å². The molecule has 0 radical (unpaired) electrons. The topological polar surface area (TPSA) is 88.1 Å². The lowest BCUT2D eigenvalue weighted by Crippen LogP contribution is -2.13. The van der Waals surface area contributed by atoms with Crippen molar-refractivity contribution >= 4 is 17.0 Å². The minimum absolute atomic E-state index is 0.382. The Morgan fingerprint density at radius 3 is 2.59 bits per heavy atom. The fourth-order valence-electron chi connectivity index (χ4n) is 3.27. The number of rotatable bonds is 6. The second-order valence-electron chi connectivity index (χ2n) is 7.19. The van der Waals surface area contributed by atoms with Crippen LogP contribution in [0.15, 0.2) is 18.3 Å². The summed E-state index contributed by atoms with van der Waals surface area (Å²) in [6.07, 6.45) is 2.70. The monoisotopic (exact) mass is 367 g/mol. The van der Waals surface area contributed by atoms with Gasteiger partial charge in [0.15, 0.2) is 6.61 Å². The normalized spacial score (nSPS) is 11.3. The van der Waals surface area contributed by atoms with Crippen LogP contribution in [0.3, 0.4) is 0 Å². The van der Waals surface area contributed by atoms with Gasteiger partial charge in [-0.3, -0.25) is 4.98 Å². The highest BCUT2D eigenvalue weighted by Crippen LogP contribution is 2.28.